The van der Waals surface area contributed by atoms with Crippen molar-refractivity contribution in [2.45, 2.75) is 51.7 Å². The van der Waals surface area contributed by atoms with Crippen LogP contribution >= 0.6 is 23.2 Å². The number of halogens is 3. The average molecular weight is 490 g/mol. The fourth-order valence-corrected chi connectivity index (χ4v) is 4.23. The van der Waals surface area contributed by atoms with E-state index in [1.807, 2.05) is 23.3 Å². The van der Waals surface area contributed by atoms with E-state index >= 15 is 0 Å². The van der Waals surface area contributed by atoms with Crippen LogP contribution < -0.4 is 4.74 Å². The minimum atomic E-state index is -0.684. The van der Waals surface area contributed by atoms with E-state index in [1.165, 1.54) is 6.07 Å². The molecule has 2 aromatic carbocycles. The highest BCUT2D eigenvalue weighted by molar-refractivity contribution is 6.34. The van der Waals surface area contributed by atoms with Crippen molar-refractivity contribution in [3.63, 3.8) is 0 Å². The molecule has 174 valence electrons. The Morgan fingerprint density at radius 1 is 1.12 bits per heavy atom. The van der Waals surface area contributed by atoms with Crippen molar-refractivity contribution in [1.82, 2.24) is 4.90 Å². The number of hydrogen-bond acceptors (Lipinski definition) is 4. The summed E-state index contributed by atoms with van der Waals surface area (Å²) in [5, 5.41) is 0.980. The van der Waals surface area contributed by atoms with E-state index in [1.54, 1.807) is 45.0 Å². The number of esters is 1. The Hall–Kier alpha value is -2.50. The number of carbonyl (C=O) groups excluding carboxylic acids is 1. The van der Waals surface area contributed by atoms with E-state index in [9.17, 15) is 9.18 Å². The van der Waals surface area contributed by atoms with Gasteiger partial charge in [0.25, 0.3) is 0 Å². The van der Waals surface area contributed by atoms with Gasteiger partial charge in [0.05, 0.1) is 5.56 Å². The summed E-state index contributed by atoms with van der Waals surface area (Å²) in [6, 6.07) is 8.16. The number of hydrogen-bond donors (Lipinski definition) is 0. The molecule has 7 heteroatoms. The van der Waals surface area contributed by atoms with Crippen LogP contribution in [-0.2, 0) is 11.3 Å². The van der Waals surface area contributed by atoms with Gasteiger partial charge in [-0.3, -0.25) is 0 Å². The lowest BCUT2D eigenvalue weighted by Crippen LogP contribution is -2.25. The third-order valence-corrected chi connectivity index (χ3v) is 5.68. The van der Waals surface area contributed by atoms with Gasteiger partial charge in [0.1, 0.15) is 22.9 Å². The Morgan fingerprint density at radius 3 is 2.45 bits per heavy atom. The largest absolute Gasteiger partial charge is 0.456 e. The Morgan fingerprint density at radius 2 is 1.82 bits per heavy atom. The molecule has 0 saturated heterocycles. The predicted molar refractivity (Wildman–Crippen MR) is 128 cm³/mol. The standard InChI is InChI=1S/C26H26Cl2FNO3/c1-26(2,3)33-25(31)23-13-22(16-6-7-16)17(9-24(23)29)14-30-8-4-5-20(15-30)32-21-11-18(27)10-19(28)12-21/h4-5,9-13,15-16H,6-8,14H2,1-3H3. The molecule has 33 heavy (non-hydrogen) atoms. The van der Waals surface area contributed by atoms with E-state index in [0.29, 0.717) is 40.6 Å². The number of nitrogens with zero attached hydrogens (tertiary/aromatic N) is 1. The molecule has 0 unspecified atom stereocenters. The first-order valence-corrected chi connectivity index (χ1v) is 11.6. The van der Waals surface area contributed by atoms with Crippen LogP contribution in [0.15, 0.2) is 54.4 Å². The average Bonchev–Trinajstić information content (AvgIpc) is 3.51. The van der Waals surface area contributed by atoms with Crippen LogP contribution in [0.1, 0.15) is 61.0 Å². The second-order valence-corrected chi connectivity index (χ2v) is 10.3. The summed E-state index contributed by atoms with van der Waals surface area (Å²) in [5.74, 6) is 0.306. The van der Waals surface area contributed by atoms with Crippen molar-refractivity contribution in [2.75, 3.05) is 6.54 Å². The molecular weight excluding hydrogens is 464 g/mol. The van der Waals surface area contributed by atoms with Crippen LogP contribution in [0.2, 0.25) is 10.0 Å². The van der Waals surface area contributed by atoms with Gasteiger partial charge in [0.15, 0.2) is 0 Å². The van der Waals surface area contributed by atoms with Crippen LogP contribution in [0.3, 0.4) is 0 Å². The Labute approximate surface area is 203 Å². The Bertz CT molecular complexity index is 1110. The van der Waals surface area contributed by atoms with Crippen molar-refractivity contribution in [3.05, 3.63) is 87.0 Å². The molecule has 0 atom stereocenters. The summed E-state index contributed by atoms with van der Waals surface area (Å²) in [5.41, 5.74) is 1.17. The van der Waals surface area contributed by atoms with E-state index in [-0.39, 0.29) is 5.56 Å². The normalized spacial score (nSPS) is 15.9. The first-order valence-electron chi connectivity index (χ1n) is 10.9. The van der Waals surface area contributed by atoms with E-state index < -0.39 is 17.4 Å². The highest BCUT2D eigenvalue weighted by Gasteiger charge is 2.30. The third kappa shape index (κ3) is 6.30. The fraction of sp³-hybridized carbons (Fsp3) is 0.346. The lowest BCUT2D eigenvalue weighted by molar-refractivity contribution is 0.00645. The van der Waals surface area contributed by atoms with Crippen molar-refractivity contribution >= 4 is 29.2 Å². The molecular formula is C26H26Cl2FNO3. The fourth-order valence-electron chi connectivity index (χ4n) is 3.72. The van der Waals surface area contributed by atoms with Gasteiger partial charge in [-0.05, 0) is 87.1 Å². The molecule has 0 spiro atoms. The molecule has 2 aromatic rings. The zero-order valence-electron chi connectivity index (χ0n) is 18.8. The van der Waals surface area contributed by atoms with Gasteiger partial charge >= 0.3 is 5.97 Å². The first kappa shape index (κ1) is 23.7. The Balaban J connectivity index is 1.55. The molecule has 4 nitrogen and oxygen atoms in total. The lowest BCUT2D eigenvalue weighted by Gasteiger charge is -2.25. The molecule has 0 radical (unpaired) electrons. The summed E-state index contributed by atoms with van der Waals surface area (Å²) in [7, 11) is 0. The number of carbonyl (C=O) groups is 1. The van der Waals surface area contributed by atoms with Crippen molar-refractivity contribution in [1.29, 1.82) is 0 Å². The van der Waals surface area contributed by atoms with Gasteiger partial charge in [0, 0.05) is 29.3 Å². The maximum Gasteiger partial charge on any atom is 0.341 e. The SMILES string of the molecule is CC(C)(C)OC(=O)c1cc(C2CC2)c(CN2C=C(Oc3cc(Cl)cc(Cl)c3)C=CC2)cc1F. The summed E-state index contributed by atoms with van der Waals surface area (Å²) in [6.45, 7) is 6.46. The summed E-state index contributed by atoms with van der Waals surface area (Å²) >= 11 is 12.1. The molecule has 0 amide bonds. The van der Waals surface area contributed by atoms with Crippen LogP contribution in [-0.4, -0.2) is 23.0 Å². The molecule has 1 heterocycles. The summed E-state index contributed by atoms with van der Waals surface area (Å²) in [6.07, 6.45) is 7.80. The Kier molecular flexibility index (Phi) is 6.73. The van der Waals surface area contributed by atoms with Crippen LogP contribution in [0.25, 0.3) is 0 Å². The van der Waals surface area contributed by atoms with Gasteiger partial charge < -0.3 is 14.4 Å². The second-order valence-electron chi connectivity index (χ2n) is 9.38. The highest BCUT2D eigenvalue weighted by Crippen LogP contribution is 2.43. The predicted octanol–water partition coefficient (Wildman–Crippen LogP) is 7.26. The van der Waals surface area contributed by atoms with Crippen LogP contribution in [0.5, 0.6) is 5.75 Å². The molecule has 1 aliphatic carbocycles. The molecule has 1 saturated carbocycles. The van der Waals surface area contributed by atoms with Crippen molar-refractivity contribution < 1.29 is 18.7 Å². The minimum Gasteiger partial charge on any atom is -0.456 e. The number of allylic oxidation sites excluding steroid dienone is 1. The number of ether oxygens (including phenoxy) is 2. The van der Waals surface area contributed by atoms with Gasteiger partial charge in [-0.15, -0.1) is 0 Å². The summed E-state index contributed by atoms with van der Waals surface area (Å²) in [4.78, 5) is 14.6. The number of benzene rings is 2. The van der Waals surface area contributed by atoms with Crippen molar-refractivity contribution in [2.24, 2.45) is 0 Å². The van der Waals surface area contributed by atoms with Gasteiger partial charge in [0.2, 0.25) is 0 Å². The van der Waals surface area contributed by atoms with Crippen LogP contribution in [0.4, 0.5) is 4.39 Å². The van der Waals surface area contributed by atoms with Gasteiger partial charge in [-0.25, -0.2) is 9.18 Å². The zero-order chi connectivity index (χ0) is 23.8. The number of rotatable bonds is 6. The molecule has 1 aliphatic heterocycles. The van der Waals surface area contributed by atoms with Crippen molar-refractivity contribution in [3.8, 4) is 5.75 Å². The van der Waals surface area contributed by atoms with Gasteiger partial charge in [-0.2, -0.15) is 0 Å². The second kappa shape index (κ2) is 9.40. The van der Waals surface area contributed by atoms with E-state index in [2.05, 4.69) is 0 Å². The topological polar surface area (TPSA) is 38.8 Å². The monoisotopic (exact) mass is 489 g/mol. The lowest BCUT2D eigenvalue weighted by atomic mass is 9.98. The minimum absolute atomic E-state index is 0.00786. The molecule has 1 fully saturated rings. The smallest absolute Gasteiger partial charge is 0.341 e. The summed E-state index contributed by atoms with van der Waals surface area (Å²) < 4.78 is 26.3. The molecule has 0 bridgehead atoms. The highest BCUT2D eigenvalue weighted by atomic mass is 35.5. The zero-order valence-corrected chi connectivity index (χ0v) is 20.3. The molecule has 4 rings (SSSR count). The third-order valence-electron chi connectivity index (χ3n) is 5.24. The maximum absolute atomic E-state index is 14.9. The van der Waals surface area contributed by atoms with E-state index in [0.717, 1.165) is 24.0 Å². The molecule has 0 N–H and O–H groups in total. The van der Waals surface area contributed by atoms with Crippen LogP contribution in [0, 0.1) is 5.82 Å². The molecule has 0 aromatic heterocycles. The van der Waals surface area contributed by atoms with E-state index in [4.69, 9.17) is 32.7 Å². The van der Waals surface area contributed by atoms with Gasteiger partial charge in [-0.1, -0.05) is 29.3 Å². The first-order chi connectivity index (χ1) is 15.6. The molecule has 2 aliphatic rings. The quantitative estimate of drug-likeness (QED) is 0.400. The maximum atomic E-state index is 14.9.